The largest absolute Gasteiger partial charge is 0.497 e. The molecule has 0 saturated carbocycles. The molecule has 0 spiro atoms. The van der Waals surface area contributed by atoms with Crippen molar-refractivity contribution in [2.75, 3.05) is 27.4 Å². The molecule has 0 radical (unpaired) electrons. The highest BCUT2D eigenvalue weighted by Crippen LogP contribution is 2.33. The van der Waals surface area contributed by atoms with Gasteiger partial charge in [0.25, 0.3) is 5.56 Å². The molecule has 0 atom stereocenters. The second-order valence-electron chi connectivity index (χ2n) is 9.32. The van der Waals surface area contributed by atoms with E-state index in [9.17, 15) is 9.59 Å². The lowest BCUT2D eigenvalue weighted by Gasteiger charge is -2.20. The molecule has 3 aromatic carbocycles. The summed E-state index contributed by atoms with van der Waals surface area (Å²) >= 11 is 0. The molecule has 0 unspecified atom stereocenters. The Balaban J connectivity index is 1.51. The Morgan fingerprint density at radius 1 is 0.800 bits per heavy atom. The first-order valence-corrected chi connectivity index (χ1v) is 13.4. The van der Waals surface area contributed by atoms with E-state index in [-0.39, 0.29) is 18.1 Å². The number of hydrogen-bond donors (Lipinski definition) is 0. The lowest BCUT2D eigenvalue weighted by atomic mass is 9.86. The minimum atomic E-state index is -0.394. The number of methoxy groups -OCH3 is 2. The highest BCUT2D eigenvalue weighted by Gasteiger charge is 2.18. The molecule has 4 aromatic rings. The molecule has 4 rings (SSSR count). The summed E-state index contributed by atoms with van der Waals surface area (Å²) in [6, 6.07) is 27.2. The maximum atomic E-state index is 12.8. The van der Waals surface area contributed by atoms with Gasteiger partial charge in [0, 0.05) is 24.7 Å². The first-order chi connectivity index (χ1) is 19.5. The van der Waals surface area contributed by atoms with Crippen molar-refractivity contribution in [3.8, 4) is 17.2 Å². The Morgan fingerprint density at radius 3 is 2.02 bits per heavy atom. The minimum Gasteiger partial charge on any atom is -0.497 e. The Hall–Kier alpha value is -4.52. The molecule has 1 heterocycles. The number of carbonyl (C=O) groups excluding carboxylic acids is 1. The third-order valence-electron chi connectivity index (χ3n) is 6.66. The molecule has 0 aliphatic heterocycles. The van der Waals surface area contributed by atoms with Gasteiger partial charge in [-0.15, -0.1) is 0 Å². The van der Waals surface area contributed by atoms with Crippen molar-refractivity contribution in [2.45, 2.75) is 32.2 Å². The van der Waals surface area contributed by atoms with E-state index in [0.29, 0.717) is 18.9 Å². The third-order valence-corrected chi connectivity index (χ3v) is 6.66. The second kappa shape index (κ2) is 14.0. The van der Waals surface area contributed by atoms with Gasteiger partial charge in [0.2, 0.25) is 0 Å². The van der Waals surface area contributed by atoms with Gasteiger partial charge >= 0.3 is 5.97 Å². The second-order valence-corrected chi connectivity index (χ2v) is 9.32. The van der Waals surface area contributed by atoms with Crippen LogP contribution in [-0.2, 0) is 22.5 Å². The van der Waals surface area contributed by atoms with Crippen LogP contribution >= 0.6 is 0 Å². The Kier molecular flexibility index (Phi) is 9.99. The summed E-state index contributed by atoms with van der Waals surface area (Å²) in [6.45, 7) is 2.53. The lowest BCUT2D eigenvalue weighted by Crippen LogP contribution is -2.20. The molecule has 0 saturated heterocycles. The summed E-state index contributed by atoms with van der Waals surface area (Å²) in [5.74, 6) is 1.73. The van der Waals surface area contributed by atoms with Crippen molar-refractivity contribution in [1.82, 2.24) is 4.57 Å². The van der Waals surface area contributed by atoms with E-state index in [1.54, 1.807) is 31.8 Å². The normalized spacial score (nSPS) is 10.8. The number of rotatable bonds is 13. The molecular formula is C33H35NO6. The molecule has 0 fully saturated rings. The van der Waals surface area contributed by atoms with E-state index in [0.717, 1.165) is 46.6 Å². The van der Waals surface area contributed by atoms with Crippen LogP contribution in [0.25, 0.3) is 0 Å². The van der Waals surface area contributed by atoms with E-state index in [1.807, 2.05) is 60.8 Å². The molecule has 7 heteroatoms. The standard InChI is InChI=1S/C33H35NO6/c1-4-39-32(36)23-40-30-9-5-7-24(21-30)8-6-20-34-22-27(14-19-31(34)35)33(25-10-15-28(37-2)16-11-25)26-12-17-29(38-3)18-13-26/h5,7,9-19,21-22,33H,4,6,8,20,23H2,1-3H3. The number of hydrogen-bond acceptors (Lipinski definition) is 6. The summed E-state index contributed by atoms with van der Waals surface area (Å²) in [6.07, 6.45) is 3.48. The van der Waals surface area contributed by atoms with Gasteiger partial charge in [-0.2, -0.15) is 0 Å². The van der Waals surface area contributed by atoms with Crippen LogP contribution in [0, 0.1) is 0 Å². The predicted molar refractivity (Wildman–Crippen MR) is 155 cm³/mol. The first-order valence-electron chi connectivity index (χ1n) is 13.4. The molecule has 208 valence electrons. The molecular weight excluding hydrogens is 506 g/mol. The number of esters is 1. The first kappa shape index (κ1) is 28.5. The van der Waals surface area contributed by atoms with Gasteiger partial charge in [-0.3, -0.25) is 4.79 Å². The quantitative estimate of drug-likeness (QED) is 0.205. The maximum Gasteiger partial charge on any atom is 0.344 e. The van der Waals surface area contributed by atoms with Crippen LogP contribution in [-0.4, -0.2) is 38.0 Å². The fourth-order valence-electron chi connectivity index (χ4n) is 4.65. The SMILES string of the molecule is CCOC(=O)COc1cccc(CCCn2cc(C(c3ccc(OC)cc3)c3ccc(OC)cc3)ccc2=O)c1. The van der Waals surface area contributed by atoms with Crippen LogP contribution in [0.1, 0.15) is 41.5 Å². The summed E-state index contributed by atoms with van der Waals surface area (Å²) in [5.41, 5.74) is 4.23. The van der Waals surface area contributed by atoms with Gasteiger partial charge in [-0.05, 0) is 78.4 Å². The highest BCUT2D eigenvalue weighted by molar-refractivity contribution is 5.71. The molecule has 40 heavy (non-hydrogen) atoms. The topological polar surface area (TPSA) is 76.0 Å². The minimum absolute atomic E-state index is 0.0431. The van der Waals surface area contributed by atoms with Gasteiger partial charge < -0.3 is 23.5 Å². The van der Waals surface area contributed by atoms with Crippen molar-refractivity contribution >= 4 is 5.97 Å². The van der Waals surface area contributed by atoms with E-state index in [4.69, 9.17) is 18.9 Å². The van der Waals surface area contributed by atoms with E-state index >= 15 is 0 Å². The van der Waals surface area contributed by atoms with Crippen molar-refractivity contribution in [1.29, 1.82) is 0 Å². The van der Waals surface area contributed by atoms with Crippen molar-refractivity contribution in [3.63, 3.8) is 0 Å². The van der Waals surface area contributed by atoms with Crippen LogP contribution in [0.5, 0.6) is 17.2 Å². The molecule has 0 aliphatic carbocycles. The average Bonchev–Trinajstić information content (AvgIpc) is 2.99. The van der Waals surface area contributed by atoms with Crippen LogP contribution < -0.4 is 19.8 Å². The number of aromatic nitrogens is 1. The number of nitrogens with zero attached hydrogens (tertiary/aromatic N) is 1. The van der Waals surface area contributed by atoms with E-state index in [2.05, 4.69) is 24.3 Å². The van der Waals surface area contributed by atoms with E-state index < -0.39 is 5.97 Å². The number of carbonyl (C=O) groups is 1. The van der Waals surface area contributed by atoms with Gasteiger partial charge in [0.1, 0.15) is 17.2 Å². The van der Waals surface area contributed by atoms with Gasteiger partial charge in [0.15, 0.2) is 6.61 Å². The average molecular weight is 542 g/mol. The third kappa shape index (κ3) is 7.53. The zero-order valence-corrected chi connectivity index (χ0v) is 23.2. The molecule has 0 aliphatic rings. The zero-order chi connectivity index (χ0) is 28.3. The molecule has 1 aromatic heterocycles. The summed E-state index contributed by atoms with van der Waals surface area (Å²) in [5, 5.41) is 0. The fourth-order valence-corrected chi connectivity index (χ4v) is 4.65. The highest BCUT2D eigenvalue weighted by atomic mass is 16.6. The molecule has 0 N–H and O–H groups in total. The monoisotopic (exact) mass is 541 g/mol. The maximum absolute atomic E-state index is 12.8. The Morgan fingerprint density at radius 2 is 1.43 bits per heavy atom. The number of benzene rings is 3. The lowest BCUT2D eigenvalue weighted by molar-refractivity contribution is -0.145. The van der Waals surface area contributed by atoms with Crippen molar-refractivity contribution in [3.05, 3.63) is 124 Å². The number of pyridine rings is 1. The van der Waals surface area contributed by atoms with Gasteiger partial charge in [-0.25, -0.2) is 4.79 Å². The summed E-state index contributed by atoms with van der Waals surface area (Å²) < 4.78 is 23.0. The van der Waals surface area contributed by atoms with E-state index in [1.165, 1.54) is 0 Å². The molecule has 7 nitrogen and oxygen atoms in total. The number of ether oxygens (including phenoxy) is 4. The fraction of sp³-hybridized carbons (Fsp3) is 0.273. The van der Waals surface area contributed by atoms with Crippen LogP contribution in [0.2, 0.25) is 0 Å². The number of aryl methyl sites for hydroxylation is 2. The van der Waals surface area contributed by atoms with Gasteiger partial charge in [0.05, 0.1) is 20.8 Å². The zero-order valence-electron chi connectivity index (χ0n) is 23.2. The Labute approximate surface area is 234 Å². The van der Waals surface area contributed by atoms with Crippen molar-refractivity contribution < 1.29 is 23.7 Å². The van der Waals surface area contributed by atoms with Crippen LogP contribution in [0.15, 0.2) is 95.9 Å². The molecule has 0 amide bonds. The van der Waals surface area contributed by atoms with Crippen molar-refractivity contribution in [2.24, 2.45) is 0 Å². The van der Waals surface area contributed by atoms with Gasteiger partial charge in [-0.1, -0.05) is 42.5 Å². The summed E-state index contributed by atoms with van der Waals surface area (Å²) in [4.78, 5) is 24.4. The van der Waals surface area contributed by atoms with Crippen LogP contribution in [0.4, 0.5) is 0 Å². The Bertz CT molecular complexity index is 1400. The summed E-state index contributed by atoms with van der Waals surface area (Å²) in [7, 11) is 3.30. The van der Waals surface area contributed by atoms with Crippen LogP contribution in [0.3, 0.4) is 0 Å². The molecule has 0 bridgehead atoms. The predicted octanol–water partition coefficient (Wildman–Crippen LogP) is 5.62. The smallest absolute Gasteiger partial charge is 0.344 e.